The van der Waals surface area contributed by atoms with E-state index in [9.17, 15) is 0 Å². The summed E-state index contributed by atoms with van der Waals surface area (Å²) in [5.41, 5.74) is 13.4. The number of fused-ring (bicyclic) bond motifs is 3. The third kappa shape index (κ3) is 6.57. The Balaban J connectivity index is 0.892. The van der Waals surface area contributed by atoms with E-state index < -0.39 is 0 Å². The van der Waals surface area contributed by atoms with Crippen LogP contribution in [0.4, 0.5) is 34.1 Å². The molecule has 11 aromatic rings. The van der Waals surface area contributed by atoms with Gasteiger partial charge in [0, 0.05) is 50.8 Å². The number of anilines is 6. The largest absolute Gasteiger partial charge is 0.436 e. The van der Waals surface area contributed by atoms with Crippen LogP contribution < -0.4 is 9.80 Å². The Morgan fingerprint density at radius 1 is 0.339 bits per heavy atom. The second-order valence-corrected chi connectivity index (χ2v) is 15.2. The second kappa shape index (κ2) is 14.6. The highest BCUT2D eigenvalue weighted by Crippen LogP contribution is 2.41. The summed E-state index contributed by atoms with van der Waals surface area (Å²) in [4.78, 5) is 19.0. The van der Waals surface area contributed by atoms with Crippen molar-refractivity contribution in [2.24, 2.45) is 0 Å². The van der Waals surface area contributed by atoms with Crippen LogP contribution in [0.15, 0.2) is 209 Å². The SMILES string of the molecule is c1ccc(N(c2ccc(-c3nc4ccccc4o3)cc2)c2ccc(-c3nc4ccc(N(c5ccccc5)c5ccc(-c6nc7ccccc7o6)cc5)cc4s3)cc2)cc1. The lowest BCUT2D eigenvalue weighted by Gasteiger charge is -2.25. The summed E-state index contributed by atoms with van der Waals surface area (Å²) in [6.45, 7) is 0. The first-order valence-corrected chi connectivity index (χ1v) is 20.2. The average molecular weight is 780 g/mol. The quantitative estimate of drug-likeness (QED) is 0.144. The third-order valence-corrected chi connectivity index (χ3v) is 11.4. The van der Waals surface area contributed by atoms with Gasteiger partial charge in [0.1, 0.15) is 16.0 Å². The van der Waals surface area contributed by atoms with Gasteiger partial charge in [0.05, 0.1) is 10.2 Å². The minimum atomic E-state index is 0.606. The lowest BCUT2D eigenvalue weighted by atomic mass is 10.1. The van der Waals surface area contributed by atoms with Crippen LogP contribution >= 0.6 is 11.3 Å². The Bertz CT molecular complexity index is 3150. The summed E-state index contributed by atoms with van der Waals surface area (Å²) in [5, 5.41) is 0.964. The number of aromatic nitrogens is 3. The Labute approximate surface area is 343 Å². The molecule has 0 aliphatic heterocycles. The molecule has 0 bridgehead atoms. The van der Waals surface area contributed by atoms with Gasteiger partial charge in [-0.1, -0.05) is 60.7 Å². The van der Waals surface area contributed by atoms with Crippen LogP contribution in [0.3, 0.4) is 0 Å². The molecule has 7 nitrogen and oxygen atoms in total. The molecule has 0 unspecified atom stereocenters. The molecule has 0 atom stereocenters. The van der Waals surface area contributed by atoms with Gasteiger partial charge in [-0.3, -0.25) is 0 Å². The summed E-state index contributed by atoms with van der Waals surface area (Å²) in [6.07, 6.45) is 0. The van der Waals surface area contributed by atoms with Gasteiger partial charge < -0.3 is 18.6 Å². The molecule has 0 saturated heterocycles. The van der Waals surface area contributed by atoms with Gasteiger partial charge in [0.2, 0.25) is 11.8 Å². The van der Waals surface area contributed by atoms with Gasteiger partial charge >= 0.3 is 0 Å². The molecular weight excluding hydrogens is 747 g/mol. The molecule has 0 spiro atoms. The van der Waals surface area contributed by atoms with E-state index in [1.165, 1.54) is 0 Å². The fraction of sp³-hybridized carbons (Fsp3) is 0. The van der Waals surface area contributed by atoms with Crippen molar-refractivity contribution in [3.8, 4) is 33.5 Å². The van der Waals surface area contributed by atoms with Crippen LogP contribution in [0.5, 0.6) is 0 Å². The average Bonchev–Trinajstić information content (AvgIpc) is 4.05. The van der Waals surface area contributed by atoms with Crippen molar-refractivity contribution < 1.29 is 8.83 Å². The van der Waals surface area contributed by atoms with E-state index in [4.69, 9.17) is 23.8 Å². The maximum Gasteiger partial charge on any atom is 0.227 e. The van der Waals surface area contributed by atoms with Crippen molar-refractivity contribution in [1.82, 2.24) is 15.0 Å². The minimum Gasteiger partial charge on any atom is -0.436 e. The molecule has 8 heteroatoms. The van der Waals surface area contributed by atoms with E-state index in [1.807, 2.05) is 60.7 Å². The zero-order valence-corrected chi connectivity index (χ0v) is 32.3. The van der Waals surface area contributed by atoms with Gasteiger partial charge in [-0.05, 0) is 140 Å². The van der Waals surface area contributed by atoms with Gasteiger partial charge in [-0.15, -0.1) is 11.3 Å². The third-order valence-electron chi connectivity index (χ3n) is 10.4. The number of para-hydroxylation sites is 6. The highest BCUT2D eigenvalue weighted by molar-refractivity contribution is 7.21. The minimum absolute atomic E-state index is 0.606. The smallest absolute Gasteiger partial charge is 0.227 e. The second-order valence-electron chi connectivity index (χ2n) is 14.1. The maximum absolute atomic E-state index is 6.06. The van der Waals surface area contributed by atoms with E-state index in [0.717, 1.165) is 88.2 Å². The molecule has 0 aliphatic rings. The van der Waals surface area contributed by atoms with Crippen LogP contribution in [-0.2, 0) is 0 Å². The molecule has 3 heterocycles. The van der Waals surface area contributed by atoms with E-state index in [-0.39, 0.29) is 0 Å². The van der Waals surface area contributed by atoms with Crippen molar-refractivity contribution in [2.75, 3.05) is 9.80 Å². The number of nitrogens with zero attached hydrogens (tertiary/aromatic N) is 5. The molecule has 0 saturated carbocycles. The first-order chi connectivity index (χ1) is 29.2. The van der Waals surface area contributed by atoms with Crippen molar-refractivity contribution in [3.05, 3.63) is 200 Å². The van der Waals surface area contributed by atoms with E-state index >= 15 is 0 Å². The van der Waals surface area contributed by atoms with Gasteiger partial charge in [-0.2, -0.15) is 0 Å². The predicted octanol–water partition coefficient (Wildman–Crippen LogP) is 14.5. The zero-order chi connectivity index (χ0) is 39.1. The Hall–Kier alpha value is -7.81. The summed E-state index contributed by atoms with van der Waals surface area (Å²) in [5.74, 6) is 1.21. The highest BCUT2D eigenvalue weighted by atomic mass is 32.1. The number of thiazole rings is 1. The summed E-state index contributed by atoms with van der Waals surface area (Å²) in [6, 6.07) is 68.4. The van der Waals surface area contributed by atoms with E-state index in [1.54, 1.807) is 11.3 Å². The Morgan fingerprint density at radius 2 is 0.746 bits per heavy atom. The Morgan fingerprint density at radius 3 is 1.24 bits per heavy atom. The summed E-state index contributed by atoms with van der Waals surface area (Å²) >= 11 is 1.70. The normalized spacial score (nSPS) is 11.4. The fourth-order valence-corrected chi connectivity index (χ4v) is 8.48. The monoisotopic (exact) mass is 779 g/mol. The molecule has 0 N–H and O–H groups in total. The molecule has 0 radical (unpaired) electrons. The number of rotatable bonds is 9. The molecule has 11 rings (SSSR count). The molecule has 59 heavy (non-hydrogen) atoms. The van der Waals surface area contributed by atoms with Crippen molar-refractivity contribution in [3.63, 3.8) is 0 Å². The number of hydrogen-bond acceptors (Lipinski definition) is 8. The van der Waals surface area contributed by atoms with Crippen LogP contribution in [0, 0.1) is 0 Å². The topological polar surface area (TPSA) is 71.4 Å². The molecule has 280 valence electrons. The van der Waals surface area contributed by atoms with Crippen LogP contribution in [-0.4, -0.2) is 15.0 Å². The molecule has 8 aromatic carbocycles. The van der Waals surface area contributed by atoms with E-state index in [0.29, 0.717) is 11.8 Å². The van der Waals surface area contributed by atoms with Crippen molar-refractivity contribution in [1.29, 1.82) is 0 Å². The number of hydrogen-bond donors (Lipinski definition) is 0. The maximum atomic E-state index is 6.06. The fourth-order valence-electron chi connectivity index (χ4n) is 7.48. The molecular formula is C51H33N5O2S. The van der Waals surface area contributed by atoms with Gasteiger partial charge in [-0.25, -0.2) is 15.0 Å². The van der Waals surface area contributed by atoms with E-state index in [2.05, 4.69) is 149 Å². The first kappa shape index (κ1) is 34.4. The Kier molecular flexibility index (Phi) is 8.52. The first-order valence-electron chi connectivity index (χ1n) is 19.3. The summed E-state index contributed by atoms with van der Waals surface area (Å²) in [7, 11) is 0. The molecule has 0 aliphatic carbocycles. The van der Waals surface area contributed by atoms with Crippen molar-refractivity contribution >= 4 is 77.9 Å². The number of oxazole rings is 2. The van der Waals surface area contributed by atoms with Gasteiger partial charge in [0.25, 0.3) is 0 Å². The van der Waals surface area contributed by atoms with Crippen LogP contribution in [0.25, 0.3) is 65.9 Å². The van der Waals surface area contributed by atoms with Crippen LogP contribution in [0.1, 0.15) is 0 Å². The van der Waals surface area contributed by atoms with Crippen LogP contribution in [0.2, 0.25) is 0 Å². The zero-order valence-electron chi connectivity index (χ0n) is 31.5. The molecule has 3 aromatic heterocycles. The predicted molar refractivity (Wildman–Crippen MR) is 240 cm³/mol. The molecule has 0 amide bonds. The number of benzene rings is 8. The lowest BCUT2D eigenvalue weighted by molar-refractivity contribution is 0.619. The molecule has 0 fully saturated rings. The highest BCUT2D eigenvalue weighted by Gasteiger charge is 2.18. The summed E-state index contributed by atoms with van der Waals surface area (Å²) < 4.78 is 13.2. The standard InChI is InChI=1S/C51H33N5O2S/c1-3-11-37(12-4-1)55(39-25-19-34(20-26-39)49-52-43-15-7-9-17-46(43)57-49)40-29-23-36(24-30-40)51-54-45-32-31-42(33-48(45)59-51)56(38-13-5-2-6-14-38)41-27-21-35(22-28-41)50-53-44-16-8-10-18-47(44)58-50/h1-33H. The van der Waals surface area contributed by atoms with Crippen molar-refractivity contribution in [2.45, 2.75) is 0 Å². The lowest BCUT2D eigenvalue weighted by Crippen LogP contribution is -2.09. The van der Waals surface area contributed by atoms with Gasteiger partial charge in [0.15, 0.2) is 11.2 Å².